The van der Waals surface area contributed by atoms with Crippen molar-refractivity contribution < 1.29 is 18.7 Å². The van der Waals surface area contributed by atoms with Gasteiger partial charge in [0.2, 0.25) is 0 Å². The Bertz CT molecular complexity index is 1260. The predicted octanol–water partition coefficient (Wildman–Crippen LogP) is 4.99. The van der Waals surface area contributed by atoms with Gasteiger partial charge in [0, 0.05) is 24.4 Å². The molecule has 1 fully saturated rings. The molecule has 2 aromatic heterocycles. The molecule has 1 aliphatic heterocycles. The van der Waals surface area contributed by atoms with E-state index in [1.54, 1.807) is 31.6 Å². The number of carbonyl (C=O) groups excluding carboxylic acids is 1. The summed E-state index contributed by atoms with van der Waals surface area (Å²) in [5.74, 6) is 1.96. The maximum Gasteiger partial charge on any atom is 0.289 e. The molecule has 0 spiro atoms. The van der Waals surface area contributed by atoms with Crippen LogP contribution in [-0.2, 0) is 0 Å². The van der Waals surface area contributed by atoms with E-state index in [0.717, 1.165) is 39.6 Å². The topological polar surface area (TPSA) is 77.7 Å². The summed E-state index contributed by atoms with van der Waals surface area (Å²) in [6.07, 6.45) is 1.69. The lowest BCUT2D eigenvalue weighted by Gasteiger charge is -2.30. The van der Waals surface area contributed by atoms with Crippen LogP contribution in [-0.4, -0.2) is 48.3 Å². The molecule has 1 amide bonds. The lowest BCUT2D eigenvalue weighted by atomic mass is 9.97. The predicted molar refractivity (Wildman–Crippen MR) is 123 cm³/mol. The number of piperidine rings is 1. The number of amides is 1. The molecular formula is C24H23N3O4S. The highest BCUT2D eigenvalue weighted by atomic mass is 32.1. The lowest BCUT2D eigenvalue weighted by molar-refractivity contribution is 0.0683. The number of hydrogen-bond donors (Lipinski definition) is 0. The van der Waals surface area contributed by atoms with Crippen molar-refractivity contribution >= 4 is 28.2 Å². The molecule has 0 atom stereocenters. The average Bonchev–Trinajstić information content (AvgIpc) is 3.51. The fourth-order valence-electron chi connectivity index (χ4n) is 4.12. The number of benzene rings is 2. The van der Waals surface area contributed by atoms with Crippen LogP contribution >= 0.6 is 11.3 Å². The summed E-state index contributed by atoms with van der Waals surface area (Å²) in [6, 6.07) is 15.2. The SMILES string of the molecule is COc1ccccc1-c1nnc(C2CCN(C(=O)c3cc4cccc(OC)c4o3)CC2)s1. The van der Waals surface area contributed by atoms with Crippen LogP contribution < -0.4 is 9.47 Å². The van der Waals surface area contributed by atoms with Gasteiger partial charge < -0.3 is 18.8 Å². The van der Waals surface area contributed by atoms with Crippen molar-refractivity contribution in [3.05, 3.63) is 59.3 Å². The zero-order valence-corrected chi connectivity index (χ0v) is 18.7. The van der Waals surface area contributed by atoms with Crippen molar-refractivity contribution in [1.29, 1.82) is 0 Å². The van der Waals surface area contributed by atoms with Gasteiger partial charge in [0.25, 0.3) is 5.91 Å². The van der Waals surface area contributed by atoms with Crippen LogP contribution in [0.3, 0.4) is 0 Å². The van der Waals surface area contributed by atoms with Crippen molar-refractivity contribution in [1.82, 2.24) is 15.1 Å². The maximum atomic E-state index is 13.0. The molecule has 4 aromatic rings. The van der Waals surface area contributed by atoms with E-state index < -0.39 is 0 Å². The Balaban J connectivity index is 1.28. The van der Waals surface area contributed by atoms with Crippen LogP contribution in [0.1, 0.15) is 34.3 Å². The Hall–Kier alpha value is -3.39. The molecule has 3 heterocycles. The molecule has 5 rings (SSSR count). The van der Waals surface area contributed by atoms with Crippen LogP contribution in [0.5, 0.6) is 11.5 Å². The van der Waals surface area contributed by atoms with Crippen molar-refractivity contribution in [2.75, 3.05) is 27.3 Å². The second-order valence-corrected chi connectivity index (χ2v) is 8.71. The van der Waals surface area contributed by atoms with Gasteiger partial charge in [-0.15, -0.1) is 10.2 Å². The molecule has 2 aromatic carbocycles. The van der Waals surface area contributed by atoms with Gasteiger partial charge in [0.15, 0.2) is 22.1 Å². The summed E-state index contributed by atoms with van der Waals surface area (Å²) in [5, 5.41) is 11.6. The molecule has 0 bridgehead atoms. The molecule has 1 saturated heterocycles. The third-order valence-electron chi connectivity index (χ3n) is 5.85. The van der Waals surface area contributed by atoms with Crippen molar-refractivity contribution in [2.45, 2.75) is 18.8 Å². The summed E-state index contributed by atoms with van der Waals surface area (Å²) < 4.78 is 16.6. The number of aromatic nitrogens is 2. The second kappa shape index (κ2) is 8.63. The number of methoxy groups -OCH3 is 2. The van der Waals surface area contributed by atoms with Gasteiger partial charge in [0.05, 0.1) is 19.8 Å². The summed E-state index contributed by atoms with van der Waals surface area (Å²) in [4.78, 5) is 14.9. The summed E-state index contributed by atoms with van der Waals surface area (Å²) >= 11 is 1.60. The fourth-order valence-corrected chi connectivity index (χ4v) is 5.16. The number of fused-ring (bicyclic) bond motifs is 1. The monoisotopic (exact) mass is 449 g/mol. The summed E-state index contributed by atoms with van der Waals surface area (Å²) in [5.41, 5.74) is 1.55. The van der Waals surface area contributed by atoms with Gasteiger partial charge in [-0.3, -0.25) is 4.79 Å². The van der Waals surface area contributed by atoms with E-state index in [4.69, 9.17) is 13.9 Å². The molecule has 0 saturated carbocycles. The molecule has 1 aliphatic rings. The second-order valence-electron chi connectivity index (χ2n) is 7.70. The highest BCUT2D eigenvalue weighted by molar-refractivity contribution is 7.14. The number of carbonyl (C=O) groups is 1. The van der Waals surface area contributed by atoms with Crippen molar-refractivity contribution in [3.63, 3.8) is 0 Å². The van der Waals surface area contributed by atoms with E-state index in [0.29, 0.717) is 30.2 Å². The highest BCUT2D eigenvalue weighted by Crippen LogP contribution is 2.37. The number of para-hydroxylation sites is 2. The van der Waals surface area contributed by atoms with Crippen LogP contribution in [0.4, 0.5) is 0 Å². The van der Waals surface area contributed by atoms with E-state index in [9.17, 15) is 4.79 Å². The fraction of sp³-hybridized carbons (Fsp3) is 0.292. The largest absolute Gasteiger partial charge is 0.496 e. The molecule has 0 unspecified atom stereocenters. The van der Waals surface area contributed by atoms with Gasteiger partial charge in [-0.1, -0.05) is 35.6 Å². The van der Waals surface area contributed by atoms with E-state index >= 15 is 0 Å². The first kappa shape index (κ1) is 20.5. The first-order chi connectivity index (χ1) is 15.7. The molecule has 7 nitrogen and oxygen atoms in total. The summed E-state index contributed by atoms with van der Waals surface area (Å²) in [7, 11) is 3.25. The van der Waals surface area contributed by atoms with Gasteiger partial charge in [0.1, 0.15) is 10.8 Å². The third-order valence-corrected chi connectivity index (χ3v) is 6.97. The molecule has 0 aliphatic carbocycles. The highest BCUT2D eigenvalue weighted by Gasteiger charge is 2.29. The van der Waals surface area contributed by atoms with Crippen molar-refractivity contribution in [2.24, 2.45) is 0 Å². The van der Waals surface area contributed by atoms with Crippen LogP contribution in [0.15, 0.2) is 52.9 Å². The average molecular weight is 450 g/mol. The minimum Gasteiger partial charge on any atom is -0.496 e. The van der Waals surface area contributed by atoms with Gasteiger partial charge in [-0.2, -0.15) is 0 Å². The molecular weight excluding hydrogens is 426 g/mol. The Morgan fingerprint density at radius 3 is 2.56 bits per heavy atom. The van der Waals surface area contributed by atoms with Crippen LogP contribution in [0.25, 0.3) is 21.5 Å². The standard InChI is InChI=1S/C24H23N3O4S/c1-29-18-8-4-3-7-17(18)23-26-25-22(32-23)15-10-12-27(13-11-15)24(28)20-14-16-6-5-9-19(30-2)21(16)31-20/h3-9,14-15H,10-13H2,1-2H3. The molecule has 0 N–H and O–H groups in total. The number of hydrogen-bond acceptors (Lipinski definition) is 7. The van der Waals surface area contributed by atoms with E-state index in [1.807, 2.05) is 47.4 Å². The third kappa shape index (κ3) is 3.71. The molecule has 32 heavy (non-hydrogen) atoms. The number of likely N-dealkylation sites (tertiary alicyclic amines) is 1. The minimum atomic E-state index is -0.0892. The van der Waals surface area contributed by atoms with Gasteiger partial charge in [-0.25, -0.2) is 0 Å². The Labute approximate surface area is 189 Å². The normalized spacial score (nSPS) is 14.6. The first-order valence-corrected chi connectivity index (χ1v) is 11.3. The number of rotatable bonds is 5. The number of furan rings is 1. The zero-order chi connectivity index (χ0) is 22.1. The first-order valence-electron chi connectivity index (χ1n) is 10.5. The molecule has 164 valence electrons. The quantitative estimate of drug-likeness (QED) is 0.427. The Morgan fingerprint density at radius 1 is 1.03 bits per heavy atom. The van der Waals surface area contributed by atoms with E-state index in [1.165, 1.54) is 0 Å². The Morgan fingerprint density at radius 2 is 1.78 bits per heavy atom. The number of nitrogens with zero attached hydrogens (tertiary/aromatic N) is 3. The van der Waals surface area contributed by atoms with Crippen LogP contribution in [0, 0.1) is 0 Å². The van der Waals surface area contributed by atoms with Gasteiger partial charge in [-0.05, 0) is 37.1 Å². The van der Waals surface area contributed by atoms with Crippen LogP contribution in [0.2, 0.25) is 0 Å². The molecule has 0 radical (unpaired) electrons. The zero-order valence-electron chi connectivity index (χ0n) is 17.9. The maximum absolute atomic E-state index is 13.0. The Kier molecular flexibility index (Phi) is 5.53. The van der Waals surface area contributed by atoms with E-state index in [-0.39, 0.29) is 11.8 Å². The van der Waals surface area contributed by atoms with Gasteiger partial charge >= 0.3 is 0 Å². The van der Waals surface area contributed by atoms with E-state index in [2.05, 4.69) is 10.2 Å². The minimum absolute atomic E-state index is 0.0892. The summed E-state index contributed by atoms with van der Waals surface area (Å²) in [6.45, 7) is 1.31. The van der Waals surface area contributed by atoms with Crippen molar-refractivity contribution in [3.8, 4) is 22.1 Å². The number of ether oxygens (including phenoxy) is 2. The molecule has 8 heteroatoms. The smallest absolute Gasteiger partial charge is 0.289 e. The lowest BCUT2D eigenvalue weighted by Crippen LogP contribution is -2.37.